The van der Waals surface area contributed by atoms with Crippen LogP contribution >= 0.6 is 0 Å². The minimum Gasteiger partial charge on any atom is -0.462 e. The number of nitrogens with one attached hydrogen (secondary N) is 2. The third-order valence-electron chi connectivity index (χ3n) is 9.75. The summed E-state index contributed by atoms with van der Waals surface area (Å²) in [6.07, 6.45) is 3.93. The Bertz CT molecular complexity index is 1740. The van der Waals surface area contributed by atoms with Gasteiger partial charge in [0.05, 0.1) is 24.1 Å². The lowest BCUT2D eigenvalue weighted by Gasteiger charge is -2.37. The molecule has 3 aromatic carbocycles. The lowest BCUT2D eigenvalue weighted by Crippen LogP contribution is -2.52. The highest BCUT2D eigenvalue weighted by molar-refractivity contribution is 5.87. The van der Waals surface area contributed by atoms with Crippen LogP contribution in [0.15, 0.2) is 98.1 Å². The second-order valence-corrected chi connectivity index (χ2v) is 14.1. The molecule has 3 amide bonds. The molecule has 3 aromatic rings. The van der Waals surface area contributed by atoms with Gasteiger partial charge in [0.2, 0.25) is 11.8 Å². The van der Waals surface area contributed by atoms with Crippen molar-refractivity contribution in [2.75, 3.05) is 19.8 Å². The molecular formula is C42H49N3O7. The maximum absolute atomic E-state index is 13.5. The average molecular weight is 708 g/mol. The van der Waals surface area contributed by atoms with Gasteiger partial charge >= 0.3 is 12.1 Å². The number of aliphatic hydroxyl groups excluding tert-OH is 1. The van der Waals surface area contributed by atoms with Crippen molar-refractivity contribution in [2.45, 2.75) is 76.0 Å². The summed E-state index contributed by atoms with van der Waals surface area (Å²) in [6.45, 7) is 11.0. The number of rotatable bonds is 16. The highest BCUT2D eigenvalue weighted by Gasteiger charge is 2.35. The molecular weight excluding hydrogens is 658 g/mol. The summed E-state index contributed by atoms with van der Waals surface area (Å²) < 4.78 is 11.3. The molecule has 52 heavy (non-hydrogen) atoms. The van der Waals surface area contributed by atoms with Crippen molar-refractivity contribution in [3.63, 3.8) is 0 Å². The predicted molar refractivity (Wildman–Crippen MR) is 199 cm³/mol. The van der Waals surface area contributed by atoms with Gasteiger partial charge < -0.3 is 30.1 Å². The highest BCUT2D eigenvalue weighted by Crippen LogP contribution is 2.44. The van der Waals surface area contributed by atoms with E-state index in [1.165, 1.54) is 0 Å². The number of fused-ring (bicyclic) bond motifs is 4. The van der Waals surface area contributed by atoms with Crippen molar-refractivity contribution >= 4 is 23.9 Å². The van der Waals surface area contributed by atoms with Crippen molar-refractivity contribution in [3.8, 4) is 11.1 Å². The summed E-state index contributed by atoms with van der Waals surface area (Å²) >= 11 is 0. The van der Waals surface area contributed by atoms with E-state index in [0.717, 1.165) is 33.4 Å². The fourth-order valence-electron chi connectivity index (χ4n) is 6.99. The number of ether oxygens (including phenoxy) is 2. The molecule has 0 aromatic heterocycles. The molecule has 10 heteroatoms. The Morgan fingerprint density at radius 2 is 1.56 bits per heavy atom. The Labute approximate surface area is 305 Å². The van der Waals surface area contributed by atoms with Gasteiger partial charge in [0.15, 0.2) is 0 Å². The van der Waals surface area contributed by atoms with E-state index in [4.69, 9.17) is 9.47 Å². The zero-order valence-corrected chi connectivity index (χ0v) is 30.0. The summed E-state index contributed by atoms with van der Waals surface area (Å²) in [6, 6.07) is 22.5. The summed E-state index contributed by atoms with van der Waals surface area (Å²) in [7, 11) is 0. The van der Waals surface area contributed by atoms with Crippen molar-refractivity contribution < 1.29 is 33.8 Å². The SMILES string of the molecule is C=CCCC(NC(=O)OCC1c2ccccc2-c2ccccc21)C(=O)OCC(C)(C)NC(=O)C(CC=C)CC(=O)N1Cc2ccccc2CC1CO. The lowest BCUT2D eigenvalue weighted by molar-refractivity contribution is -0.149. The van der Waals surface area contributed by atoms with E-state index in [1.807, 2.05) is 60.7 Å². The van der Waals surface area contributed by atoms with E-state index in [-0.39, 0.29) is 62.9 Å². The molecule has 2 aliphatic rings. The molecule has 0 saturated carbocycles. The quantitative estimate of drug-likeness (QED) is 0.126. The topological polar surface area (TPSA) is 134 Å². The number of aliphatic hydroxyl groups is 1. The standard InChI is InChI=1S/C42H49N3O7/c1-5-7-21-37(43-41(50)51-26-36-34-19-12-10-17-32(34)33-18-11-13-20-35(33)36)40(49)52-27-42(3,4)44-39(48)29(14-6-2)23-38(47)45-24-30-16-9-8-15-28(30)22-31(45)25-46/h5-6,8-13,15-20,29,31,36-37,46H,1-2,7,14,21-27H2,3-4H3,(H,43,50)(H,44,48). The summed E-state index contributed by atoms with van der Waals surface area (Å²) in [5, 5.41) is 15.6. The van der Waals surface area contributed by atoms with Gasteiger partial charge in [0.1, 0.15) is 19.3 Å². The first-order valence-electron chi connectivity index (χ1n) is 17.8. The third kappa shape index (κ3) is 9.16. The molecule has 274 valence electrons. The second kappa shape index (κ2) is 17.3. The van der Waals surface area contributed by atoms with Crippen LogP contribution in [-0.2, 0) is 36.8 Å². The monoisotopic (exact) mass is 707 g/mol. The minimum absolute atomic E-state index is 0.0694. The van der Waals surface area contributed by atoms with Gasteiger partial charge in [-0.05, 0) is 72.9 Å². The number of hydrogen-bond donors (Lipinski definition) is 3. The number of carbonyl (C=O) groups is 4. The largest absolute Gasteiger partial charge is 0.462 e. The first-order chi connectivity index (χ1) is 25.0. The van der Waals surface area contributed by atoms with E-state index < -0.39 is 29.6 Å². The van der Waals surface area contributed by atoms with Gasteiger partial charge in [-0.2, -0.15) is 0 Å². The van der Waals surface area contributed by atoms with Crippen LogP contribution in [0.4, 0.5) is 4.79 Å². The summed E-state index contributed by atoms with van der Waals surface area (Å²) in [5.74, 6) is -2.13. The van der Waals surface area contributed by atoms with Gasteiger partial charge in [0, 0.05) is 18.9 Å². The van der Waals surface area contributed by atoms with E-state index in [2.05, 4.69) is 35.9 Å². The first kappa shape index (κ1) is 38.0. The fraction of sp³-hybridized carbons (Fsp3) is 0.381. The Balaban J connectivity index is 1.15. The number of nitrogens with zero attached hydrogens (tertiary/aromatic N) is 1. The average Bonchev–Trinajstić information content (AvgIpc) is 3.47. The van der Waals surface area contributed by atoms with E-state index in [9.17, 15) is 24.3 Å². The summed E-state index contributed by atoms with van der Waals surface area (Å²) in [5.41, 5.74) is 5.50. The molecule has 1 aliphatic carbocycles. The molecule has 0 radical (unpaired) electrons. The Morgan fingerprint density at radius 1 is 0.923 bits per heavy atom. The molecule has 1 aliphatic heterocycles. The Kier molecular flexibility index (Phi) is 12.7. The van der Waals surface area contributed by atoms with Gasteiger partial charge in [0.25, 0.3) is 0 Å². The molecule has 3 unspecified atom stereocenters. The van der Waals surface area contributed by atoms with Crippen molar-refractivity contribution in [1.82, 2.24) is 15.5 Å². The number of amides is 3. The first-order valence-corrected chi connectivity index (χ1v) is 17.8. The molecule has 0 fully saturated rings. The zero-order valence-electron chi connectivity index (χ0n) is 30.0. The molecule has 10 nitrogen and oxygen atoms in total. The van der Waals surface area contributed by atoms with Gasteiger partial charge in [-0.3, -0.25) is 9.59 Å². The van der Waals surface area contributed by atoms with E-state index >= 15 is 0 Å². The highest BCUT2D eigenvalue weighted by atomic mass is 16.6. The fourth-order valence-corrected chi connectivity index (χ4v) is 6.99. The minimum atomic E-state index is -1.00. The zero-order chi connectivity index (χ0) is 37.3. The molecule has 3 atom stereocenters. The molecule has 1 heterocycles. The maximum atomic E-state index is 13.5. The van der Waals surface area contributed by atoms with Crippen molar-refractivity contribution in [1.29, 1.82) is 0 Å². The third-order valence-corrected chi connectivity index (χ3v) is 9.75. The molecule has 0 spiro atoms. The number of allylic oxidation sites excluding steroid dienone is 2. The van der Waals surface area contributed by atoms with Crippen LogP contribution in [0.3, 0.4) is 0 Å². The van der Waals surface area contributed by atoms with Crippen molar-refractivity contribution in [2.24, 2.45) is 5.92 Å². The lowest BCUT2D eigenvalue weighted by atomic mass is 9.92. The van der Waals surface area contributed by atoms with Crippen LogP contribution in [-0.4, -0.2) is 71.3 Å². The van der Waals surface area contributed by atoms with Crippen molar-refractivity contribution in [3.05, 3.63) is 120 Å². The number of carbonyl (C=O) groups excluding carboxylic acids is 4. The van der Waals surface area contributed by atoms with Crippen LogP contribution in [0.25, 0.3) is 11.1 Å². The van der Waals surface area contributed by atoms with Crippen LogP contribution in [0.1, 0.15) is 67.7 Å². The molecule has 3 N–H and O–H groups in total. The molecule has 0 bridgehead atoms. The van der Waals surface area contributed by atoms with Crippen LogP contribution in [0.2, 0.25) is 0 Å². The Morgan fingerprint density at radius 3 is 2.19 bits per heavy atom. The normalized spacial score (nSPS) is 16.0. The van der Waals surface area contributed by atoms with Gasteiger partial charge in [-0.25, -0.2) is 9.59 Å². The van der Waals surface area contributed by atoms with Crippen LogP contribution in [0.5, 0.6) is 0 Å². The molecule has 0 saturated heterocycles. The maximum Gasteiger partial charge on any atom is 0.407 e. The van der Waals surface area contributed by atoms with Gasteiger partial charge in [-0.1, -0.05) is 84.9 Å². The number of benzene rings is 3. The Hall–Kier alpha value is -5.22. The van der Waals surface area contributed by atoms with Gasteiger partial charge in [-0.15, -0.1) is 13.2 Å². The van der Waals surface area contributed by atoms with Crippen LogP contribution in [0, 0.1) is 5.92 Å². The number of alkyl carbamates (subject to hydrolysis) is 1. The molecule has 5 rings (SSSR count). The number of hydrogen-bond acceptors (Lipinski definition) is 7. The van der Waals surface area contributed by atoms with Crippen LogP contribution < -0.4 is 10.6 Å². The second-order valence-electron chi connectivity index (χ2n) is 14.1. The summed E-state index contributed by atoms with van der Waals surface area (Å²) in [4.78, 5) is 55.0. The van der Waals surface area contributed by atoms with E-state index in [1.54, 1.807) is 30.9 Å². The smallest absolute Gasteiger partial charge is 0.407 e. The number of esters is 1. The predicted octanol–water partition coefficient (Wildman–Crippen LogP) is 5.83. The van der Waals surface area contributed by atoms with E-state index in [0.29, 0.717) is 19.4 Å².